The summed E-state index contributed by atoms with van der Waals surface area (Å²) in [4.78, 5) is 14.1. The fourth-order valence-electron chi connectivity index (χ4n) is 2.76. The molecular formula is C18H28N2O2. The monoisotopic (exact) mass is 304 g/mol. The van der Waals surface area contributed by atoms with Gasteiger partial charge in [-0.1, -0.05) is 30.3 Å². The van der Waals surface area contributed by atoms with Crippen molar-refractivity contribution in [3.63, 3.8) is 0 Å². The molecule has 1 N–H and O–H groups in total. The molecule has 0 spiro atoms. The van der Waals surface area contributed by atoms with E-state index in [4.69, 9.17) is 4.74 Å². The lowest BCUT2D eigenvalue weighted by molar-refractivity contribution is 0.0606. The number of amides is 2. The van der Waals surface area contributed by atoms with Crippen LogP contribution in [0.3, 0.4) is 0 Å². The largest absolute Gasteiger partial charge is 0.381 e. The van der Waals surface area contributed by atoms with Crippen molar-refractivity contribution in [1.29, 1.82) is 0 Å². The summed E-state index contributed by atoms with van der Waals surface area (Å²) in [7, 11) is 1.84. The molecule has 4 nitrogen and oxygen atoms in total. The van der Waals surface area contributed by atoms with Crippen molar-refractivity contribution in [2.45, 2.75) is 45.2 Å². The van der Waals surface area contributed by atoms with Gasteiger partial charge in [-0.2, -0.15) is 0 Å². The smallest absolute Gasteiger partial charge is 0.317 e. The first-order chi connectivity index (χ1) is 10.6. The first-order valence-corrected chi connectivity index (χ1v) is 8.24. The first kappa shape index (κ1) is 16.8. The van der Waals surface area contributed by atoms with Crippen molar-refractivity contribution in [3.05, 3.63) is 35.9 Å². The van der Waals surface area contributed by atoms with Crippen LogP contribution in [-0.4, -0.2) is 37.2 Å². The first-order valence-electron chi connectivity index (χ1n) is 8.24. The van der Waals surface area contributed by atoms with E-state index in [-0.39, 0.29) is 18.1 Å². The molecule has 0 bridgehead atoms. The van der Waals surface area contributed by atoms with E-state index in [1.54, 1.807) is 4.90 Å². The standard InChI is InChI=1S/C18H28N2O2/c1-14(2)20(3)18(21)19-17(16-7-5-4-6-8-16)13-15-9-11-22-12-10-15/h4-8,14-15,17H,9-13H2,1-3H3,(H,19,21)/t17-/m0/s1. The Morgan fingerprint density at radius 1 is 1.27 bits per heavy atom. The summed E-state index contributed by atoms with van der Waals surface area (Å²) >= 11 is 0. The number of ether oxygens (including phenoxy) is 1. The summed E-state index contributed by atoms with van der Waals surface area (Å²) in [5.41, 5.74) is 1.18. The van der Waals surface area contributed by atoms with Crippen LogP contribution < -0.4 is 5.32 Å². The molecule has 1 aromatic rings. The topological polar surface area (TPSA) is 41.6 Å². The highest BCUT2D eigenvalue weighted by molar-refractivity contribution is 5.74. The Hall–Kier alpha value is -1.55. The Morgan fingerprint density at radius 2 is 1.91 bits per heavy atom. The highest BCUT2D eigenvalue weighted by atomic mass is 16.5. The molecule has 0 unspecified atom stereocenters. The average Bonchev–Trinajstić information content (AvgIpc) is 2.55. The molecule has 1 aliphatic heterocycles. The molecule has 122 valence electrons. The van der Waals surface area contributed by atoms with Crippen molar-refractivity contribution in [2.24, 2.45) is 5.92 Å². The molecule has 1 atom stereocenters. The van der Waals surface area contributed by atoms with Crippen molar-refractivity contribution in [3.8, 4) is 0 Å². The summed E-state index contributed by atoms with van der Waals surface area (Å²) in [5, 5.41) is 3.21. The van der Waals surface area contributed by atoms with Gasteiger partial charge >= 0.3 is 6.03 Å². The highest BCUT2D eigenvalue weighted by Crippen LogP contribution is 2.27. The van der Waals surface area contributed by atoms with Crippen molar-refractivity contribution in [2.75, 3.05) is 20.3 Å². The molecule has 22 heavy (non-hydrogen) atoms. The molecule has 0 saturated carbocycles. The third kappa shape index (κ3) is 4.73. The van der Waals surface area contributed by atoms with Crippen LogP contribution in [0, 0.1) is 5.92 Å². The van der Waals surface area contributed by atoms with Gasteiger partial charge in [0.15, 0.2) is 0 Å². The second kappa shape index (κ2) is 8.18. The number of carbonyl (C=O) groups excluding carboxylic acids is 1. The third-order valence-electron chi connectivity index (χ3n) is 4.50. The van der Waals surface area contributed by atoms with E-state index < -0.39 is 0 Å². The summed E-state index contributed by atoms with van der Waals surface area (Å²) in [6, 6.07) is 10.5. The summed E-state index contributed by atoms with van der Waals surface area (Å²) in [6.45, 7) is 5.73. The number of hydrogen-bond acceptors (Lipinski definition) is 2. The minimum absolute atomic E-state index is 0.00378. The number of urea groups is 1. The molecule has 1 aliphatic rings. The van der Waals surface area contributed by atoms with Crippen LogP contribution in [0.5, 0.6) is 0 Å². The maximum absolute atomic E-state index is 12.4. The SMILES string of the molecule is CC(C)N(C)C(=O)N[C@@H](CC1CCOCC1)c1ccccc1. The van der Waals surface area contributed by atoms with Crippen LogP contribution in [-0.2, 0) is 4.74 Å². The van der Waals surface area contributed by atoms with Crippen LogP contribution in [0.1, 0.15) is 44.7 Å². The predicted octanol–water partition coefficient (Wildman–Crippen LogP) is 3.59. The van der Waals surface area contributed by atoms with Gasteiger partial charge < -0.3 is 15.0 Å². The van der Waals surface area contributed by atoms with E-state index in [1.807, 2.05) is 39.1 Å². The Balaban J connectivity index is 2.06. The van der Waals surface area contributed by atoms with E-state index in [9.17, 15) is 4.79 Å². The van der Waals surface area contributed by atoms with Crippen molar-refractivity contribution < 1.29 is 9.53 Å². The van der Waals surface area contributed by atoms with Crippen LogP contribution in [0.4, 0.5) is 4.79 Å². The molecule has 2 amide bonds. The van der Waals surface area contributed by atoms with Crippen LogP contribution in [0.2, 0.25) is 0 Å². The Bertz CT molecular complexity index is 455. The van der Waals surface area contributed by atoms with Gasteiger partial charge in [-0.05, 0) is 44.6 Å². The maximum atomic E-state index is 12.4. The molecule has 4 heteroatoms. The number of rotatable bonds is 5. The van der Waals surface area contributed by atoms with Gasteiger partial charge in [-0.3, -0.25) is 0 Å². The van der Waals surface area contributed by atoms with Crippen LogP contribution >= 0.6 is 0 Å². The van der Waals surface area contributed by atoms with E-state index in [0.717, 1.165) is 32.5 Å². The fourth-order valence-corrected chi connectivity index (χ4v) is 2.76. The third-order valence-corrected chi connectivity index (χ3v) is 4.50. The fraction of sp³-hybridized carbons (Fsp3) is 0.611. The van der Waals surface area contributed by atoms with Gasteiger partial charge in [-0.15, -0.1) is 0 Å². The number of carbonyl (C=O) groups is 1. The zero-order chi connectivity index (χ0) is 15.9. The Kier molecular flexibility index (Phi) is 6.25. The second-order valence-corrected chi connectivity index (χ2v) is 6.41. The molecule has 1 aromatic carbocycles. The molecular weight excluding hydrogens is 276 g/mol. The molecule has 1 fully saturated rings. The number of nitrogens with zero attached hydrogens (tertiary/aromatic N) is 1. The van der Waals surface area contributed by atoms with E-state index in [1.165, 1.54) is 5.56 Å². The molecule has 1 heterocycles. The number of hydrogen-bond donors (Lipinski definition) is 1. The van der Waals surface area contributed by atoms with E-state index in [0.29, 0.717) is 5.92 Å². The minimum atomic E-state index is -0.00378. The number of nitrogens with one attached hydrogen (secondary N) is 1. The predicted molar refractivity (Wildman–Crippen MR) is 88.8 cm³/mol. The zero-order valence-corrected chi connectivity index (χ0v) is 13.9. The van der Waals surface area contributed by atoms with Gasteiger partial charge in [0.2, 0.25) is 0 Å². The summed E-state index contributed by atoms with van der Waals surface area (Å²) in [5.74, 6) is 0.614. The van der Waals surface area contributed by atoms with Crippen LogP contribution in [0.25, 0.3) is 0 Å². The minimum Gasteiger partial charge on any atom is -0.381 e. The Morgan fingerprint density at radius 3 is 2.50 bits per heavy atom. The second-order valence-electron chi connectivity index (χ2n) is 6.41. The normalized spacial score (nSPS) is 17.3. The summed E-state index contributed by atoms with van der Waals surface area (Å²) < 4.78 is 5.44. The van der Waals surface area contributed by atoms with Crippen molar-refractivity contribution >= 4 is 6.03 Å². The molecule has 1 saturated heterocycles. The molecule has 0 aliphatic carbocycles. The highest BCUT2D eigenvalue weighted by Gasteiger charge is 2.23. The van der Waals surface area contributed by atoms with E-state index >= 15 is 0 Å². The lowest BCUT2D eigenvalue weighted by Gasteiger charge is -2.30. The molecule has 0 radical (unpaired) electrons. The van der Waals surface area contributed by atoms with Crippen molar-refractivity contribution in [1.82, 2.24) is 10.2 Å². The Labute approximate surface area is 133 Å². The van der Waals surface area contributed by atoms with Gasteiger partial charge in [0.05, 0.1) is 6.04 Å². The zero-order valence-electron chi connectivity index (χ0n) is 13.9. The quantitative estimate of drug-likeness (QED) is 0.903. The molecule has 2 rings (SSSR count). The lowest BCUT2D eigenvalue weighted by Crippen LogP contribution is -2.43. The number of benzene rings is 1. The van der Waals surface area contributed by atoms with E-state index in [2.05, 4.69) is 17.4 Å². The van der Waals surface area contributed by atoms with Gasteiger partial charge in [0.25, 0.3) is 0 Å². The van der Waals surface area contributed by atoms with Gasteiger partial charge in [0, 0.05) is 26.3 Å². The van der Waals surface area contributed by atoms with Crippen LogP contribution in [0.15, 0.2) is 30.3 Å². The molecule has 0 aromatic heterocycles. The lowest BCUT2D eigenvalue weighted by atomic mass is 9.89. The maximum Gasteiger partial charge on any atom is 0.317 e. The van der Waals surface area contributed by atoms with Gasteiger partial charge in [0.1, 0.15) is 0 Å². The summed E-state index contributed by atoms with van der Waals surface area (Å²) in [6.07, 6.45) is 3.14. The average molecular weight is 304 g/mol. The van der Waals surface area contributed by atoms with Gasteiger partial charge in [-0.25, -0.2) is 4.79 Å².